The summed E-state index contributed by atoms with van der Waals surface area (Å²) in [6.45, 7) is -1.45. The van der Waals surface area contributed by atoms with Crippen LogP contribution in [0.1, 0.15) is 12.8 Å². The predicted molar refractivity (Wildman–Crippen MR) is 162 cm³/mol. The van der Waals surface area contributed by atoms with Gasteiger partial charge in [0.15, 0.2) is 25.0 Å². The molecule has 4 rings (SSSR count). The van der Waals surface area contributed by atoms with E-state index in [-0.39, 0.29) is 25.9 Å². The quantitative estimate of drug-likeness (QED) is 0.0841. The third-order valence-electron chi connectivity index (χ3n) is 9.39. The van der Waals surface area contributed by atoms with E-state index < -0.39 is 141 Å². The zero-order valence-electron chi connectivity index (χ0n) is 26.7. The van der Waals surface area contributed by atoms with Crippen LogP contribution in [0, 0.1) is 0 Å². The fourth-order valence-electron chi connectivity index (χ4n) is 6.38. The van der Waals surface area contributed by atoms with Crippen LogP contribution in [0.5, 0.6) is 0 Å². The van der Waals surface area contributed by atoms with Crippen molar-refractivity contribution in [2.45, 2.75) is 135 Å². The fourth-order valence-corrected chi connectivity index (χ4v) is 6.38. The highest BCUT2D eigenvalue weighted by Gasteiger charge is 2.54. The Morgan fingerprint density at radius 2 is 1.31 bits per heavy atom. The molecule has 0 aromatic heterocycles. The largest absolute Gasteiger partial charge is 0.394 e. The molecule has 49 heavy (non-hydrogen) atoms. The van der Waals surface area contributed by atoms with E-state index in [1.807, 2.05) is 0 Å². The van der Waals surface area contributed by atoms with E-state index in [2.05, 4.69) is 5.32 Å². The Bertz CT molecular complexity index is 1060. The number of aliphatic hydroxyl groups excluding tert-OH is 8. The molecule has 0 aromatic rings. The molecule has 21 N–H and O–H groups in total. The van der Waals surface area contributed by atoms with Gasteiger partial charge in [-0.15, -0.1) is 0 Å². The fraction of sp³-hybridized carbons (Fsp3) is 0.963. The second-order valence-electron chi connectivity index (χ2n) is 12.9. The van der Waals surface area contributed by atoms with E-state index >= 15 is 0 Å². The van der Waals surface area contributed by atoms with Gasteiger partial charge in [0.05, 0.1) is 36.9 Å². The summed E-state index contributed by atoms with van der Waals surface area (Å²) >= 11 is 0. The molecule has 20 atom stereocenters. The first-order valence-electron chi connectivity index (χ1n) is 16.1. The Morgan fingerprint density at radius 3 is 1.92 bits per heavy atom. The number of rotatable bonds is 13. The van der Waals surface area contributed by atoms with Crippen LogP contribution in [0.4, 0.5) is 0 Å². The van der Waals surface area contributed by atoms with E-state index in [0.717, 1.165) is 0 Å². The minimum absolute atomic E-state index is 0.0423. The monoisotopic (exact) mass is 715 g/mol. The molecule has 0 aromatic carbocycles. The van der Waals surface area contributed by atoms with Crippen LogP contribution < -0.4 is 39.7 Å². The number of hydrogen-bond acceptors (Lipinski definition) is 21. The lowest BCUT2D eigenvalue weighted by molar-refractivity contribution is -0.317. The zero-order valence-corrected chi connectivity index (χ0v) is 26.7. The minimum Gasteiger partial charge on any atom is -0.394 e. The molecule has 0 spiro atoms. The van der Waals surface area contributed by atoms with Crippen LogP contribution >= 0.6 is 0 Å². The van der Waals surface area contributed by atoms with Gasteiger partial charge >= 0.3 is 0 Å². The Hall–Kier alpha value is -1.33. The number of carbonyl (C=O) groups is 1. The third-order valence-corrected chi connectivity index (χ3v) is 9.39. The predicted octanol–water partition coefficient (Wildman–Crippen LogP) is -10.0. The van der Waals surface area contributed by atoms with E-state index in [9.17, 15) is 45.6 Å². The van der Waals surface area contributed by atoms with Crippen LogP contribution in [-0.4, -0.2) is 195 Å². The molecule has 1 amide bonds. The number of amides is 1. The molecule has 4 aliphatic rings. The summed E-state index contributed by atoms with van der Waals surface area (Å²) in [5, 5.41) is 86.0. The van der Waals surface area contributed by atoms with Crippen molar-refractivity contribution in [2.75, 3.05) is 26.2 Å². The van der Waals surface area contributed by atoms with Crippen molar-refractivity contribution in [1.82, 2.24) is 5.32 Å². The van der Waals surface area contributed by atoms with Crippen molar-refractivity contribution in [3.05, 3.63) is 0 Å². The number of nitrogens with one attached hydrogen (secondary N) is 1. The van der Waals surface area contributed by atoms with Gasteiger partial charge in [0.25, 0.3) is 5.91 Å². The number of aliphatic hydroxyl groups is 8. The zero-order chi connectivity index (χ0) is 36.3. The topological polar surface area (TPSA) is 402 Å². The summed E-state index contributed by atoms with van der Waals surface area (Å²) in [4.78, 5) is 12.7. The molecular weight excluding hydrogens is 662 g/mol. The lowest BCUT2D eigenvalue weighted by atomic mass is 9.83. The molecular formula is C27H53N7O15. The third kappa shape index (κ3) is 8.83. The Balaban J connectivity index is 1.62. The van der Waals surface area contributed by atoms with E-state index in [1.165, 1.54) is 0 Å². The Morgan fingerprint density at radius 1 is 0.714 bits per heavy atom. The highest BCUT2D eigenvalue weighted by molar-refractivity contribution is 5.81. The highest BCUT2D eigenvalue weighted by atomic mass is 16.8. The number of carbonyl (C=O) groups excluding carboxylic acids is 1. The molecule has 3 aliphatic heterocycles. The van der Waals surface area contributed by atoms with Crippen LogP contribution in [0.2, 0.25) is 0 Å². The molecule has 1 aliphatic carbocycles. The van der Waals surface area contributed by atoms with E-state index in [1.54, 1.807) is 0 Å². The van der Waals surface area contributed by atoms with Crippen molar-refractivity contribution >= 4 is 5.91 Å². The average molecular weight is 716 g/mol. The van der Waals surface area contributed by atoms with Crippen molar-refractivity contribution in [3.8, 4) is 0 Å². The summed E-state index contributed by atoms with van der Waals surface area (Å²) in [5.74, 6) is -1.07. The summed E-state index contributed by atoms with van der Waals surface area (Å²) in [7, 11) is 0. The van der Waals surface area contributed by atoms with Crippen LogP contribution in [0.3, 0.4) is 0 Å². The summed E-state index contributed by atoms with van der Waals surface area (Å²) < 4.78 is 35.4. The maximum absolute atomic E-state index is 12.7. The van der Waals surface area contributed by atoms with Crippen LogP contribution in [0.25, 0.3) is 0 Å². The van der Waals surface area contributed by atoms with Crippen LogP contribution in [0.15, 0.2) is 0 Å². The summed E-state index contributed by atoms with van der Waals surface area (Å²) in [6, 6.07) is -4.49. The number of hydrogen-bond donors (Lipinski definition) is 15. The van der Waals surface area contributed by atoms with Gasteiger partial charge in [-0.1, -0.05) is 0 Å². The molecule has 286 valence electrons. The van der Waals surface area contributed by atoms with Gasteiger partial charge in [-0.25, -0.2) is 0 Å². The molecule has 22 nitrogen and oxygen atoms in total. The Labute approximate surface area is 281 Å². The molecule has 0 bridgehead atoms. The minimum atomic E-state index is -1.95. The maximum atomic E-state index is 12.7. The lowest BCUT2D eigenvalue weighted by Gasteiger charge is -2.47. The second kappa shape index (κ2) is 17.5. The molecule has 0 radical (unpaired) electrons. The molecule has 1 saturated carbocycles. The summed E-state index contributed by atoms with van der Waals surface area (Å²) in [6.07, 6.45) is -22.8. The lowest BCUT2D eigenvalue weighted by Crippen LogP contribution is -2.68. The molecule has 3 heterocycles. The van der Waals surface area contributed by atoms with Gasteiger partial charge in [-0.05, 0) is 12.8 Å². The maximum Gasteiger partial charge on any atom is 0.251 e. The van der Waals surface area contributed by atoms with Crippen molar-refractivity contribution in [2.24, 2.45) is 34.4 Å². The number of nitrogens with two attached hydrogens (primary N) is 6. The first-order chi connectivity index (χ1) is 23.2. The average Bonchev–Trinajstić information content (AvgIpc) is 3.38. The van der Waals surface area contributed by atoms with E-state index in [4.69, 9.17) is 62.8 Å². The molecule has 4 fully saturated rings. The van der Waals surface area contributed by atoms with Gasteiger partial charge in [0.2, 0.25) is 0 Å². The summed E-state index contributed by atoms with van der Waals surface area (Å²) in [5.41, 5.74) is 35.5. The molecule has 22 heteroatoms. The first-order valence-corrected chi connectivity index (χ1v) is 16.1. The molecule has 0 unspecified atom stereocenters. The standard InChI is InChI=1S/C27H53N7O15/c28-3-11(37)17(39)24(43)34-9-1-7(31)21(47-25-8(32)2-10(36)12(4-29)44-25)22(16(9)38)48-27-23(19(41)14(6-35)46-27)49-26-15(33)20(42)18(40)13(5-30)45-26/h7-23,25-27,35-42H,1-6,28-33H2,(H,34,43)/t7-,8+,9+,10-,11-,12+,13-,14+,15+,16-,17-,18+,19+,20+,21+,22+,23+,25+,26+,27-/m0/s1. The van der Waals surface area contributed by atoms with Crippen molar-refractivity contribution < 1.29 is 74.1 Å². The number of ether oxygens (including phenoxy) is 6. The van der Waals surface area contributed by atoms with Crippen LogP contribution in [-0.2, 0) is 33.2 Å². The highest BCUT2D eigenvalue weighted by Crippen LogP contribution is 2.35. The van der Waals surface area contributed by atoms with Crippen molar-refractivity contribution in [1.29, 1.82) is 0 Å². The molecule has 3 saturated heterocycles. The SMILES string of the molecule is NC[C@@H]1O[C@H](O[C@H]2[C@H](O[C@@H]3[C@@H](O)[C@H](NC(=O)[C@@H](O)[C@@H](O)CN)C[C@H](N)[C@H]3O[C@H]3O[C@H](CN)[C@@H](O)C[C@H]3N)O[C@H](CO)[C@H]2O)[C@H](N)[C@@H](O)[C@@H]1O. The smallest absolute Gasteiger partial charge is 0.251 e. The first kappa shape index (κ1) is 40.4. The van der Waals surface area contributed by atoms with E-state index in [0.29, 0.717) is 0 Å². The van der Waals surface area contributed by atoms with Gasteiger partial charge in [-0.2, -0.15) is 0 Å². The van der Waals surface area contributed by atoms with Gasteiger partial charge in [0.1, 0.15) is 61.0 Å². The van der Waals surface area contributed by atoms with Gasteiger partial charge in [-0.3, -0.25) is 4.79 Å². The normalized spacial score (nSPS) is 47.5. The van der Waals surface area contributed by atoms with Crippen molar-refractivity contribution in [3.63, 3.8) is 0 Å². The van der Waals surface area contributed by atoms with Gasteiger partial charge in [0, 0.05) is 25.7 Å². The Kier molecular flexibility index (Phi) is 14.4. The second-order valence-corrected chi connectivity index (χ2v) is 12.9. The van der Waals surface area contributed by atoms with Gasteiger partial charge < -0.3 is 109 Å².